The van der Waals surface area contributed by atoms with E-state index in [1.807, 2.05) is 44.2 Å². The molecule has 5 aromatic carbocycles. The predicted molar refractivity (Wildman–Crippen MR) is 335 cm³/mol. The molecule has 0 unspecified atom stereocenters. The summed E-state index contributed by atoms with van der Waals surface area (Å²) >= 11 is 0. The van der Waals surface area contributed by atoms with Gasteiger partial charge in [-0.25, -0.2) is 36.0 Å². The lowest BCUT2D eigenvalue weighted by Crippen LogP contribution is -2.55. The highest BCUT2D eigenvalue weighted by Crippen LogP contribution is 2.26. The molecule has 0 radical (unpaired) electrons. The van der Waals surface area contributed by atoms with E-state index in [1.165, 1.54) is 40.7 Å². The fourth-order valence-corrected chi connectivity index (χ4v) is 13.3. The number of nitrogen functional groups attached to an aromatic ring is 1. The number of non-ortho nitro benzene ring substituents is 2. The molecule has 498 valence electrons. The van der Waals surface area contributed by atoms with E-state index in [2.05, 4.69) is 16.0 Å². The molecule has 8 rings (SSSR count). The Hall–Kier alpha value is -8.52. The van der Waals surface area contributed by atoms with Crippen LogP contribution >= 0.6 is 0 Å². The van der Waals surface area contributed by atoms with Gasteiger partial charge in [-0.15, -0.1) is 0 Å². The molecule has 3 fully saturated rings. The number of piperazine rings is 1. The van der Waals surface area contributed by atoms with Crippen molar-refractivity contribution in [2.24, 2.45) is 11.8 Å². The number of nitro groups is 2. The second kappa shape index (κ2) is 34.2. The second-order valence-corrected chi connectivity index (χ2v) is 26.7. The minimum atomic E-state index is -4.34. The maximum absolute atomic E-state index is 14.0. The minimum Gasteiger partial charge on any atom is -0.444 e. The van der Waals surface area contributed by atoms with Gasteiger partial charge >= 0.3 is 24.4 Å². The van der Waals surface area contributed by atoms with Gasteiger partial charge in [-0.05, 0) is 84.3 Å². The second-order valence-electron chi connectivity index (χ2n) is 22.8. The van der Waals surface area contributed by atoms with Crippen LogP contribution in [0, 0.1) is 32.1 Å². The molecule has 3 amide bonds. The largest absolute Gasteiger partial charge is 0.514 e. The smallest absolute Gasteiger partial charge is 0.444 e. The number of amides is 3. The Labute approximate surface area is 534 Å². The van der Waals surface area contributed by atoms with Gasteiger partial charge in [-0.2, -0.15) is 8.61 Å². The Morgan fingerprint density at radius 3 is 1.42 bits per heavy atom. The van der Waals surface area contributed by atoms with Gasteiger partial charge in [0.15, 0.2) is 0 Å². The van der Waals surface area contributed by atoms with Crippen LogP contribution in [-0.2, 0) is 61.3 Å². The van der Waals surface area contributed by atoms with Crippen molar-refractivity contribution >= 4 is 61.5 Å². The van der Waals surface area contributed by atoms with Crippen molar-refractivity contribution in [2.45, 2.75) is 99.7 Å². The van der Waals surface area contributed by atoms with E-state index < -0.39 is 91.3 Å². The zero-order chi connectivity index (χ0) is 66.4. The summed E-state index contributed by atoms with van der Waals surface area (Å²) in [5, 5.41) is 31.1. The van der Waals surface area contributed by atoms with E-state index in [0.717, 1.165) is 46.3 Å². The summed E-state index contributed by atoms with van der Waals surface area (Å²) in [6.45, 7) is 10.4. The van der Waals surface area contributed by atoms with Crippen LogP contribution in [0.15, 0.2) is 143 Å². The summed E-state index contributed by atoms with van der Waals surface area (Å²) in [4.78, 5) is 75.3. The molecule has 5 aromatic rings. The monoisotopic (exact) mass is 1320 g/mol. The van der Waals surface area contributed by atoms with Gasteiger partial charge in [0.1, 0.15) is 30.2 Å². The quantitative estimate of drug-likeness (QED) is 0.00999. The molecule has 28 nitrogen and oxygen atoms in total. The van der Waals surface area contributed by atoms with Gasteiger partial charge in [-0.3, -0.25) is 20.2 Å². The summed E-state index contributed by atoms with van der Waals surface area (Å²) in [6.07, 6.45) is -5.29. The van der Waals surface area contributed by atoms with Crippen LogP contribution in [0.25, 0.3) is 0 Å². The van der Waals surface area contributed by atoms with Gasteiger partial charge in [0.05, 0.1) is 71.2 Å². The maximum Gasteiger partial charge on any atom is 0.514 e. The number of nitrogens with zero attached hydrogens (tertiary/aromatic N) is 5. The summed E-state index contributed by atoms with van der Waals surface area (Å²) in [7, 11) is -8.36. The third-order valence-electron chi connectivity index (χ3n) is 14.7. The molecule has 3 aliphatic rings. The molecular weight excluding hydrogens is 1240 g/mol. The zero-order valence-electron chi connectivity index (χ0n) is 51.5. The van der Waals surface area contributed by atoms with Crippen molar-refractivity contribution < 1.29 is 79.0 Å². The number of anilines is 1. The number of nitrogens with one attached hydrogen (secondary N) is 3. The normalized spacial score (nSPS) is 17.2. The van der Waals surface area contributed by atoms with E-state index in [9.17, 15) is 56.2 Å². The Morgan fingerprint density at radius 1 is 0.609 bits per heavy atom. The molecular formula is C62H79N9O19S2. The van der Waals surface area contributed by atoms with Gasteiger partial charge < -0.3 is 59.7 Å². The third kappa shape index (κ3) is 21.8. The zero-order valence-corrected chi connectivity index (χ0v) is 53.2. The average Bonchev–Trinajstić information content (AvgIpc) is 1.01. The number of carbonyl (C=O) groups excluding carboxylic acids is 4. The molecule has 30 heteroatoms. The highest BCUT2D eigenvalue weighted by molar-refractivity contribution is 7.89. The van der Waals surface area contributed by atoms with Gasteiger partial charge in [0.2, 0.25) is 20.0 Å². The van der Waals surface area contributed by atoms with E-state index in [0.29, 0.717) is 70.1 Å². The number of alkyl carbamates (subject to hydrolysis) is 2. The van der Waals surface area contributed by atoms with Crippen molar-refractivity contribution in [3.8, 4) is 5.75 Å². The lowest BCUT2D eigenvalue weighted by atomic mass is 10.0. The first-order chi connectivity index (χ1) is 43.9. The molecule has 3 heterocycles. The fourth-order valence-electron chi connectivity index (χ4n) is 10.0. The van der Waals surface area contributed by atoms with Crippen molar-refractivity contribution in [3.63, 3.8) is 0 Å². The summed E-state index contributed by atoms with van der Waals surface area (Å²) in [6, 6.07) is 31.4. The lowest BCUT2D eigenvalue weighted by Gasteiger charge is -2.35. The van der Waals surface area contributed by atoms with Crippen LogP contribution in [0.4, 0.5) is 36.2 Å². The van der Waals surface area contributed by atoms with E-state index >= 15 is 0 Å². The van der Waals surface area contributed by atoms with Crippen LogP contribution in [0.5, 0.6) is 5.75 Å². The molecule has 0 aliphatic carbocycles. The predicted octanol–water partition coefficient (Wildman–Crippen LogP) is 7.31. The Kier molecular flexibility index (Phi) is 26.4. The van der Waals surface area contributed by atoms with Crippen molar-refractivity contribution in [2.75, 3.05) is 84.5 Å². The third-order valence-corrected chi connectivity index (χ3v) is 18.3. The number of ether oxygens (including phenoxy) is 7. The molecule has 0 saturated carbocycles. The highest BCUT2D eigenvalue weighted by Gasteiger charge is 2.39. The van der Waals surface area contributed by atoms with Crippen LogP contribution < -0.4 is 26.4 Å². The minimum absolute atomic E-state index is 0.0408. The molecule has 3 aliphatic heterocycles. The number of hydrogen-bond donors (Lipinski definition) is 4. The van der Waals surface area contributed by atoms with Crippen LogP contribution in [-0.4, -0.2) is 180 Å². The van der Waals surface area contributed by atoms with Crippen LogP contribution in [0.2, 0.25) is 0 Å². The first kappa shape index (κ1) is 70.9. The summed E-state index contributed by atoms with van der Waals surface area (Å²) < 4.78 is 97.1. The number of nitro benzene ring substituents is 2. The molecule has 6 atom stereocenters. The number of rotatable bonds is 27. The standard InChI is InChI=1S/C32H36N4O12S.C30H43N5O7S/c1-22(2)19-34(49(43,44)28-14-10-25(11-15-28)36(41)42)20-30(48-32(38)47-26-12-8-24(9-13-26)35(39)40)29(18-23-6-4-3-5-7-23)33-31(37)46-27-16-17-45-21-27;1-22(2)19-35(43(38,39)26-10-8-24(31)9-11-26)20-28(42-30(37)34-15-13-32-14-16-34)27(18-23-6-4-3-5-7-23)33-29(36)41-25-12-17-40-21-25/h3-15,22,27,29-30H,16-21H2,1-2H3,(H,33,37);3-11,22,25,27-28,32H,12-21,31H2,1-2H3,(H,33,36)/t27-,29-,30+;25-,27-,28+/m00/s1. The van der Waals surface area contributed by atoms with E-state index in [-0.39, 0.29) is 83.9 Å². The number of hydrogen-bond acceptors (Lipinski definition) is 21. The molecule has 5 N–H and O–H groups in total. The Bertz CT molecular complexity index is 3430. The first-order valence-corrected chi connectivity index (χ1v) is 32.9. The number of nitrogens with two attached hydrogens (primary N) is 1. The van der Waals surface area contributed by atoms with Gasteiger partial charge in [0, 0.05) is 82.1 Å². The number of sulfonamides is 2. The first-order valence-electron chi connectivity index (χ1n) is 30.0. The van der Waals surface area contributed by atoms with E-state index in [1.54, 1.807) is 49.1 Å². The maximum atomic E-state index is 14.0. The summed E-state index contributed by atoms with van der Waals surface area (Å²) in [5.74, 6) is -0.352. The van der Waals surface area contributed by atoms with Crippen LogP contribution in [0.3, 0.4) is 0 Å². The van der Waals surface area contributed by atoms with Crippen LogP contribution in [0.1, 0.15) is 51.7 Å². The average molecular weight is 1320 g/mol. The SMILES string of the molecule is CC(C)CN(C[C@@H](OC(=O)N1CCNCC1)[C@H](Cc1ccccc1)NC(=O)O[C@H]1CCOC1)S(=O)(=O)c1ccc(N)cc1.CC(C)CN(C[C@@H](OC(=O)Oc1ccc([N+](=O)[O-])cc1)[C@H](Cc1ccccc1)NC(=O)O[C@H]1CCOC1)S(=O)(=O)c1ccc([N+](=O)[O-])cc1. The fraction of sp³-hybridized carbons (Fsp3) is 0.452. The Morgan fingerprint density at radius 2 is 1.02 bits per heavy atom. The summed E-state index contributed by atoms with van der Waals surface area (Å²) in [5.41, 5.74) is 7.30. The van der Waals surface area contributed by atoms with Crippen molar-refractivity contribution in [1.29, 1.82) is 0 Å². The van der Waals surface area contributed by atoms with Crippen molar-refractivity contribution in [3.05, 3.63) is 165 Å². The number of carbonyl (C=O) groups is 4. The molecule has 0 spiro atoms. The molecule has 3 saturated heterocycles. The lowest BCUT2D eigenvalue weighted by molar-refractivity contribution is -0.385. The Balaban J connectivity index is 0.000000263. The van der Waals surface area contributed by atoms with Gasteiger partial charge in [0.25, 0.3) is 11.4 Å². The number of benzene rings is 5. The highest BCUT2D eigenvalue weighted by atomic mass is 32.2. The topological polar surface area (TPSA) is 359 Å². The van der Waals surface area contributed by atoms with Crippen molar-refractivity contribution in [1.82, 2.24) is 29.5 Å². The molecule has 0 bridgehead atoms. The molecule has 0 aromatic heterocycles. The van der Waals surface area contributed by atoms with Gasteiger partial charge in [-0.1, -0.05) is 88.4 Å². The van der Waals surface area contributed by atoms with E-state index in [4.69, 9.17) is 38.9 Å². The molecule has 92 heavy (non-hydrogen) atoms.